The highest BCUT2D eigenvalue weighted by atomic mass is 32.2. The first-order valence-corrected chi connectivity index (χ1v) is 9.49. The molecule has 0 bridgehead atoms. The van der Waals surface area contributed by atoms with Gasteiger partial charge >= 0.3 is 0 Å². The number of nitrogens with zero attached hydrogens (tertiary/aromatic N) is 2. The molecule has 0 fully saturated rings. The number of anilines is 2. The lowest BCUT2D eigenvalue weighted by atomic mass is 10.3. The fraction of sp³-hybridized carbons (Fsp3) is 0.133. The second-order valence-corrected chi connectivity index (χ2v) is 7.98. The second-order valence-electron chi connectivity index (χ2n) is 5.16. The minimum atomic E-state index is -3.73. The summed E-state index contributed by atoms with van der Waals surface area (Å²) in [6.07, 6.45) is 0. The Morgan fingerprint density at radius 2 is 1.88 bits per heavy atom. The molecule has 3 rings (SSSR count). The number of rotatable bonds is 5. The van der Waals surface area contributed by atoms with E-state index in [2.05, 4.69) is 20.2 Å². The highest BCUT2D eigenvalue weighted by Crippen LogP contribution is 2.28. The van der Waals surface area contributed by atoms with Crippen molar-refractivity contribution in [1.29, 1.82) is 0 Å². The number of benzene rings is 1. The van der Waals surface area contributed by atoms with E-state index in [1.165, 1.54) is 13.0 Å². The van der Waals surface area contributed by atoms with Crippen LogP contribution in [-0.2, 0) is 14.8 Å². The van der Waals surface area contributed by atoms with E-state index in [-0.39, 0.29) is 10.1 Å². The smallest absolute Gasteiger partial charge is 0.271 e. The molecule has 2 heterocycles. The van der Waals surface area contributed by atoms with Crippen molar-refractivity contribution in [2.75, 3.05) is 10.0 Å². The van der Waals surface area contributed by atoms with Gasteiger partial charge in [-0.05, 0) is 30.3 Å². The van der Waals surface area contributed by atoms with Crippen LogP contribution in [0, 0.1) is 6.92 Å². The van der Waals surface area contributed by atoms with E-state index >= 15 is 0 Å². The molecule has 0 saturated heterocycles. The third-order valence-corrected chi connectivity index (χ3v) is 5.90. The Labute approximate surface area is 147 Å². The van der Waals surface area contributed by atoms with Crippen LogP contribution in [0.5, 0.6) is 0 Å². The van der Waals surface area contributed by atoms with Crippen molar-refractivity contribution in [3.63, 3.8) is 0 Å². The fourth-order valence-electron chi connectivity index (χ4n) is 2.02. The Bertz CT molecular complexity index is 1010. The summed E-state index contributed by atoms with van der Waals surface area (Å²) in [7, 11) is -3.73. The summed E-state index contributed by atoms with van der Waals surface area (Å²) in [6, 6.07) is 7.85. The highest BCUT2D eigenvalue weighted by Gasteiger charge is 2.19. The van der Waals surface area contributed by atoms with Crippen molar-refractivity contribution in [2.24, 2.45) is 0 Å². The van der Waals surface area contributed by atoms with Gasteiger partial charge in [-0.15, -0.1) is 11.3 Å². The van der Waals surface area contributed by atoms with E-state index in [1.54, 1.807) is 36.6 Å². The summed E-state index contributed by atoms with van der Waals surface area (Å²) in [4.78, 5) is 15.1. The van der Waals surface area contributed by atoms with Crippen molar-refractivity contribution in [3.05, 3.63) is 41.6 Å². The predicted octanol–water partition coefficient (Wildman–Crippen LogP) is 2.87. The molecule has 2 N–H and O–H groups in total. The number of thiophene rings is 1. The molecule has 0 radical (unpaired) electrons. The van der Waals surface area contributed by atoms with Crippen LogP contribution in [0.2, 0.25) is 0 Å². The Morgan fingerprint density at radius 3 is 2.48 bits per heavy atom. The van der Waals surface area contributed by atoms with E-state index < -0.39 is 10.0 Å². The molecule has 130 valence electrons. The summed E-state index contributed by atoms with van der Waals surface area (Å²) >= 11 is 1.06. The molecule has 10 heteroatoms. The molecule has 0 unspecified atom stereocenters. The molecule has 2 aromatic heterocycles. The molecule has 0 aliphatic carbocycles. The summed E-state index contributed by atoms with van der Waals surface area (Å²) in [6.45, 7) is 3.06. The van der Waals surface area contributed by atoms with Crippen molar-refractivity contribution >= 4 is 38.6 Å². The molecule has 25 heavy (non-hydrogen) atoms. The van der Waals surface area contributed by atoms with Crippen molar-refractivity contribution in [1.82, 2.24) is 10.1 Å². The van der Waals surface area contributed by atoms with Gasteiger partial charge in [0.05, 0.1) is 0 Å². The first-order valence-electron chi connectivity index (χ1n) is 7.13. The molecule has 8 nitrogen and oxygen atoms in total. The second kappa shape index (κ2) is 6.65. The normalized spacial score (nSPS) is 11.3. The molecule has 0 atom stereocenters. The first kappa shape index (κ1) is 17.1. The number of hydrogen-bond acceptors (Lipinski definition) is 7. The number of amides is 1. The molecule has 1 amide bonds. The van der Waals surface area contributed by atoms with Gasteiger partial charge in [0.2, 0.25) is 17.6 Å². The van der Waals surface area contributed by atoms with Gasteiger partial charge in [0.15, 0.2) is 0 Å². The lowest BCUT2D eigenvalue weighted by molar-refractivity contribution is -0.114. The van der Waals surface area contributed by atoms with Gasteiger partial charge in [0.1, 0.15) is 4.21 Å². The largest absolute Gasteiger partial charge is 0.339 e. The zero-order valence-electron chi connectivity index (χ0n) is 13.3. The summed E-state index contributed by atoms with van der Waals surface area (Å²) in [5.74, 6) is 0.550. The van der Waals surface area contributed by atoms with Crippen molar-refractivity contribution in [3.8, 4) is 11.4 Å². The summed E-state index contributed by atoms with van der Waals surface area (Å²) in [5, 5.41) is 8.03. The van der Waals surface area contributed by atoms with E-state index in [1.807, 2.05) is 0 Å². The summed E-state index contributed by atoms with van der Waals surface area (Å²) < 4.78 is 32.5. The zero-order chi connectivity index (χ0) is 18.0. The number of aryl methyl sites for hydroxylation is 1. The molecule has 1 aromatic carbocycles. The Hall–Kier alpha value is -2.72. The van der Waals surface area contributed by atoms with Gasteiger partial charge in [-0.25, -0.2) is 8.42 Å². The fourth-order valence-corrected chi connectivity index (χ4v) is 4.24. The van der Waals surface area contributed by atoms with Crippen LogP contribution < -0.4 is 10.0 Å². The third kappa shape index (κ3) is 4.03. The molecule has 0 spiro atoms. The predicted molar refractivity (Wildman–Crippen MR) is 93.9 cm³/mol. The van der Waals surface area contributed by atoms with E-state index in [4.69, 9.17) is 4.52 Å². The van der Waals surface area contributed by atoms with Crippen LogP contribution >= 0.6 is 11.3 Å². The van der Waals surface area contributed by atoms with Crippen LogP contribution in [0.15, 0.2) is 44.4 Å². The Kier molecular flexibility index (Phi) is 4.55. The van der Waals surface area contributed by atoms with Gasteiger partial charge in [-0.2, -0.15) is 4.98 Å². The standard InChI is InChI=1S/C15H14N4O4S2/c1-9(20)16-12-3-5-13(6-4-12)19-25(21,22)14-7-11(8-24-14)15-17-10(2)23-18-15/h3-8,19H,1-2H3,(H,16,20). The quantitative estimate of drug-likeness (QED) is 0.705. The Balaban J connectivity index is 1.78. The number of aromatic nitrogens is 2. The van der Waals surface area contributed by atoms with Crippen LogP contribution in [0.25, 0.3) is 11.4 Å². The maximum atomic E-state index is 12.5. The van der Waals surface area contributed by atoms with Crippen LogP contribution in [0.3, 0.4) is 0 Å². The van der Waals surface area contributed by atoms with Crippen molar-refractivity contribution in [2.45, 2.75) is 18.1 Å². The molecule has 3 aromatic rings. The number of sulfonamides is 1. The average Bonchev–Trinajstić information content (AvgIpc) is 3.17. The molecular formula is C15H14N4O4S2. The van der Waals surface area contributed by atoms with E-state index in [9.17, 15) is 13.2 Å². The van der Waals surface area contributed by atoms with Crippen LogP contribution in [-0.4, -0.2) is 24.5 Å². The lowest BCUT2D eigenvalue weighted by Gasteiger charge is -2.07. The van der Waals surface area contributed by atoms with Gasteiger partial charge in [-0.3, -0.25) is 9.52 Å². The first-order chi connectivity index (χ1) is 11.8. The molecule has 0 aliphatic rings. The molecule has 0 saturated carbocycles. The topological polar surface area (TPSA) is 114 Å². The third-order valence-electron chi connectivity index (χ3n) is 3.08. The van der Waals surface area contributed by atoms with Crippen molar-refractivity contribution < 1.29 is 17.7 Å². The maximum Gasteiger partial charge on any atom is 0.271 e. The van der Waals surface area contributed by atoms with Gasteiger partial charge in [-0.1, -0.05) is 5.16 Å². The van der Waals surface area contributed by atoms with Gasteiger partial charge in [0.25, 0.3) is 10.0 Å². The van der Waals surface area contributed by atoms with Crippen LogP contribution in [0.1, 0.15) is 12.8 Å². The monoisotopic (exact) mass is 378 g/mol. The zero-order valence-corrected chi connectivity index (χ0v) is 14.9. The van der Waals surface area contributed by atoms with Gasteiger partial charge in [0, 0.05) is 36.2 Å². The lowest BCUT2D eigenvalue weighted by Crippen LogP contribution is -2.11. The number of carbonyl (C=O) groups is 1. The van der Waals surface area contributed by atoms with Gasteiger partial charge < -0.3 is 9.84 Å². The minimum absolute atomic E-state index is 0.135. The number of hydrogen-bond donors (Lipinski definition) is 2. The minimum Gasteiger partial charge on any atom is -0.339 e. The maximum absolute atomic E-state index is 12.5. The summed E-state index contributed by atoms with van der Waals surface area (Å²) in [5.41, 5.74) is 1.55. The van der Waals surface area contributed by atoms with E-state index in [0.29, 0.717) is 28.7 Å². The number of nitrogens with one attached hydrogen (secondary N) is 2. The van der Waals surface area contributed by atoms with E-state index in [0.717, 1.165) is 11.3 Å². The molecular weight excluding hydrogens is 364 g/mol. The average molecular weight is 378 g/mol. The number of carbonyl (C=O) groups excluding carboxylic acids is 1. The SMILES string of the molecule is CC(=O)Nc1ccc(NS(=O)(=O)c2cc(-c3noc(C)n3)cs2)cc1. The van der Waals surface area contributed by atoms with Crippen LogP contribution in [0.4, 0.5) is 11.4 Å². The highest BCUT2D eigenvalue weighted by molar-refractivity contribution is 7.94. The molecule has 0 aliphatic heterocycles. The Morgan fingerprint density at radius 1 is 1.20 bits per heavy atom.